The van der Waals surface area contributed by atoms with Crippen LogP contribution in [0.15, 0.2) is 91.0 Å². The Hall–Kier alpha value is -4.58. The number of para-hydroxylation sites is 1. The van der Waals surface area contributed by atoms with Crippen LogP contribution in [0.5, 0.6) is 0 Å². The van der Waals surface area contributed by atoms with Gasteiger partial charge >= 0.3 is 0 Å². The molecule has 186 valence electrons. The summed E-state index contributed by atoms with van der Waals surface area (Å²) in [6.45, 7) is 1.48. The van der Waals surface area contributed by atoms with E-state index in [9.17, 15) is 18.8 Å². The number of rotatable bonds is 3. The Kier molecular flexibility index (Phi) is 4.73. The highest BCUT2D eigenvalue weighted by Gasteiger charge is 2.69. The van der Waals surface area contributed by atoms with Crippen LogP contribution in [0.25, 0.3) is 16.8 Å². The van der Waals surface area contributed by atoms with Gasteiger partial charge in [-0.2, -0.15) is 0 Å². The van der Waals surface area contributed by atoms with Crippen LogP contribution in [-0.4, -0.2) is 29.6 Å². The van der Waals surface area contributed by atoms with Crippen LogP contribution in [0, 0.1) is 11.7 Å². The van der Waals surface area contributed by atoms with Gasteiger partial charge in [-0.25, -0.2) is 4.39 Å². The molecule has 7 rings (SSSR count). The number of halogens is 1. The Labute approximate surface area is 218 Å². The van der Waals surface area contributed by atoms with Crippen molar-refractivity contribution in [1.82, 2.24) is 0 Å². The van der Waals surface area contributed by atoms with Crippen molar-refractivity contribution in [3.05, 3.63) is 114 Å². The van der Waals surface area contributed by atoms with Crippen molar-refractivity contribution in [3.63, 3.8) is 0 Å². The number of ketones is 2. The highest BCUT2D eigenvalue weighted by atomic mass is 19.1. The van der Waals surface area contributed by atoms with Crippen LogP contribution < -0.4 is 10.2 Å². The Balaban J connectivity index is 1.53. The quantitative estimate of drug-likeness (QED) is 0.374. The van der Waals surface area contributed by atoms with Gasteiger partial charge in [0.25, 0.3) is 0 Å². The molecular formula is C32H23FN2O3. The average molecular weight is 503 g/mol. The van der Waals surface area contributed by atoms with E-state index in [-0.39, 0.29) is 23.0 Å². The number of carbonyl (C=O) groups excluding carboxylic acids is 3. The molecule has 0 aliphatic carbocycles. The lowest BCUT2D eigenvalue weighted by Crippen LogP contribution is -2.51. The molecule has 0 bridgehead atoms. The molecule has 4 aromatic carbocycles. The molecule has 1 spiro atoms. The summed E-state index contributed by atoms with van der Waals surface area (Å²) in [7, 11) is 0. The number of amides is 1. The molecule has 6 heteroatoms. The van der Waals surface area contributed by atoms with Crippen molar-refractivity contribution in [3.8, 4) is 0 Å². The number of hydrogen-bond donors (Lipinski definition) is 1. The van der Waals surface area contributed by atoms with Crippen LogP contribution in [0.4, 0.5) is 15.8 Å². The van der Waals surface area contributed by atoms with E-state index in [1.807, 2.05) is 77.7 Å². The van der Waals surface area contributed by atoms with Gasteiger partial charge in [0.05, 0.1) is 18.0 Å². The van der Waals surface area contributed by atoms with Gasteiger partial charge in [-0.3, -0.25) is 14.4 Å². The minimum atomic E-state index is -1.35. The number of carbonyl (C=O) groups is 3. The SMILES string of the molecule is CC(=O)[C@@H]1[C@H](C(=O)c2ccc(F)cc2)[C@@]2(C(=O)Nc3ccccc32)[C@H]2C=Cc3c(ccc4ccccc34)N12. The molecule has 0 unspecified atom stereocenters. The highest BCUT2D eigenvalue weighted by Crippen LogP contribution is 2.58. The number of hydrogen-bond acceptors (Lipinski definition) is 4. The van der Waals surface area contributed by atoms with Crippen molar-refractivity contribution >= 4 is 45.7 Å². The molecule has 1 fully saturated rings. The lowest BCUT2D eigenvalue weighted by atomic mass is 9.64. The van der Waals surface area contributed by atoms with E-state index in [0.29, 0.717) is 11.3 Å². The van der Waals surface area contributed by atoms with E-state index in [1.54, 1.807) is 0 Å². The topological polar surface area (TPSA) is 66.5 Å². The Bertz CT molecular complexity index is 1710. The average Bonchev–Trinajstić information content (AvgIpc) is 3.41. The lowest BCUT2D eigenvalue weighted by molar-refractivity contribution is -0.122. The number of nitrogens with one attached hydrogen (secondary N) is 1. The summed E-state index contributed by atoms with van der Waals surface area (Å²) in [5, 5.41) is 5.09. The molecule has 0 radical (unpaired) electrons. The van der Waals surface area contributed by atoms with E-state index in [4.69, 9.17) is 0 Å². The predicted molar refractivity (Wildman–Crippen MR) is 145 cm³/mol. The molecular weight excluding hydrogens is 479 g/mol. The van der Waals surface area contributed by atoms with Crippen molar-refractivity contribution < 1.29 is 18.8 Å². The van der Waals surface area contributed by atoms with Crippen LogP contribution in [0.2, 0.25) is 0 Å². The molecule has 4 aromatic rings. The number of fused-ring (bicyclic) bond motifs is 8. The fourth-order valence-corrected chi connectivity index (χ4v) is 6.88. The molecule has 3 aliphatic rings. The minimum absolute atomic E-state index is 0.209. The van der Waals surface area contributed by atoms with Crippen LogP contribution >= 0.6 is 0 Å². The van der Waals surface area contributed by atoms with Gasteiger partial charge in [0.15, 0.2) is 11.6 Å². The fourth-order valence-electron chi connectivity index (χ4n) is 6.88. The third-order valence-electron chi connectivity index (χ3n) is 8.37. The highest BCUT2D eigenvalue weighted by molar-refractivity contribution is 6.17. The van der Waals surface area contributed by atoms with Gasteiger partial charge in [-0.05, 0) is 59.7 Å². The first-order valence-corrected chi connectivity index (χ1v) is 12.6. The summed E-state index contributed by atoms with van der Waals surface area (Å²) in [5.74, 6) is -2.37. The molecule has 1 amide bonds. The molecule has 1 saturated heterocycles. The van der Waals surface area contributed by atoms with Gasteiger partial charge < -0.3 is 10.2 Å². The molecule has 1 N–H and O–H groups in total. The Morgan fingerprint density at radius 2 is 1.66 bits per heavy atom. The van der Waals surface area contributed by atoms with Gasteiger partial charge in [-0.15, -0.1) is 0 Å². The number of anilines is 2. The third-order valence-corrected chi connectivity index (χ3v) is 8.37. The van der Waals surface area contributed by atoms with E-state index >= 15 is 0 Å². The second kappa shape index (κ2) is 7.96. The smallest absolute Gasteiger partial charge is 0.238 e. The molecule has 4 atom stereocenters. The number of Topliss-reactive ketones (excluding diaryl/α,β-unsaturated/α-hetero) is 2. The summed E-state index contributed by atoms with van der Waals surface area (Å²) in [6.07, 6.45) is 3.97. The normalized spacial score (nSPS) is 24.7. The summed E-state index contributed by atoms with van der Waals surface area (Å²) >= 11 is 0. The molecule has 38 heavy (non-hydrogen) atoms. The standard InChI is InChI=1S/C32H23FN2O3/c1-18(36)29-28(30(37)20-10-13-21(33)14-11-20)32(24-8-4-5-9-25(24)34-31(32)38)27-17-15-23-22-7-3-2-6-19(22)12-16-26(23)35(27)29/h2-17,27-29H,1H3,(H,34,38)/t27-,28-,29-,32+/m1/s1. The van der Waals surface area contributed by atoms with Crippen molar-refractivity contribution in [1.29, 1.82) is 0 Å². The van der Waals surface area contributed by atoms with Crippen molar-refractivity contribution in [2.45, 2.75) is 24.4 Å². The van der Waals surface area contributed by atoms with E-state index in [1.165, 1.54) is 31.2 Å². The maximum Gasteiger partial charge on any atom is 0.238 e. The van der Waals surface area contributed by atoms with E-state index in [2.05, 4.69) is 5.32 Å². The zero-order valence-corrected chi connectivity index (χ0v) is 20.5. The molecule has 3 heterocycles. The summed E-state index contributed by atoms with van der Waals surface area (Å²) < 4.78 is 13.8. The van der Waals surface area contributed by atoms with Crippen molar-refractivity contribution in [2.75, 3.05) is 10.2 Å². The Morgan fingerprint density at radius 1 is 0.921 bits per heavy atom. The first-order chi connectivity index (χ1) is 18.4. The number of nitrogens with zero attached hydrogens (tertiary/aromatic N) is 1. The van der Waals surface area contributed by atoms with Gasteiger partial charge in [-0.1, -0.05) is 60.7 Å². The van der Waals surface area contributed by atoms with Gasteiger partial charge in [0, 0.05) is 22.5 Å². The zero-order chi connectivity index (χ0) is 26.2. The number of benzene rings is 4. The zero-order valence-electron chi connectivity index (χ0n) is 20.5. The van der Waals surface area contributed by atoms with Crippen LogP contribution in [-0.2, 0) is 15.0 Å². The lowest BCUT2D eigenvalue weighted by Gasteiger charge is -2.38. The van der Waals surface area contributed by atoms with Crippen molar-refractivity contribution in [2.24, 2.45) is 5.92 Å². The first-order valence-electron chi connectivity index (χ1n) is 12.6. The fraction of sp³-hybridized carbons (Fsp3) is 0.156. The van der Waals surface area contributed by atoms with Crippen LogP contribution in [0.1, 0.15) is 28.4 Å². The van der Waals surface area contributed by atoms with Gasteiger partial charge in [0.1, 0.15) is 11.2 Å². The third kappa shape index (κ3) is 2.83. The second-order valence-corrected chi connectivity index (χ2v) is 10.2. The summed E-state index contributed by atoms with van der Waals surface area (Å²) in [5.41, 5.74) is 2.00. The molecule has 3 aliphatic heterocycles. The maximum absolute atomic E-state index is 14.4. The van der Waals surface area contributed by atoms with Crippen LogP contribution in [0.3, 0.4) is 0 Å². The molecule has 0 saturated carbocycles. The monoisotopic (exact) mass is 502 g/mol. The second-order valence-electron chi connectivity index (χ2n) is 10.2. The summed E-state index contributed by atoms with van der Waals surface area (Å²) in [6, 6.07) is 23.2. The first kappa shape index (κ1) is 22.6. The maximum atomic E-state index is 14.4. The minimum Gasteiger partial charge on any atom is -0.352 e. The largest absolute Gasteiger partial charge is 0.352 e. The molecule has 0 aromatic heterocycles. The van der Waals surface area contributed by atoms with E-state index in [0.717, 1.165) is 22.0 Å². The van der Waals surface area contributed by atoms with E-state index < -0.39 is 29.2 Å². The Morgan fingerprint density at radius 3 is 2.45 bits per heavy atom. The summed E-state index contributed by atoms with van der Waals surface area (Å²) in [4.78, 5) is 44.0. The predicted octanol–water partition coefficient (Wildman–Crippen LogP) is 5.54. The molecule has 5 nitrogen and oxygen atoms in total. The van der Waals surface area contributed by atoms with Gasteiger partial charge in [0.2, 0.25) is 5.91 Å².